The minimum absolute atomic E-state index is 0.00621. The molecule has 0 spiro atoms. The molecular formula is C13H16N4O2. The third-order valence-electron chi connectivity index (χ3n) is 2.93. The molecular weight excluding hydrogens is 244 g/mol. The molecule has 2 rings (SSSR count). The van der Waals surface area contributed by atoms with Gasteiger partial charge in [-0.1, -0.05) is 0 Å². The van der Waals surface area contributed by atoms with Crippen LogP contribution in [0.3, 0.4) is 0 Å². The van der Waals surface area contributed by atoms with Crippen LogP contribution in [0.5, 0.6) is 0 Å². The average Bonchev–Trinajstić information content (AvgIpc) is 2.38. The Hall–Kier alpha value is -2.21. The molecule has 0 aliphatic heterocycles. The molecule has 0 atom stereocenters. The number of nitrogens with two attached hydrogens (primary N) is 1. The van der Waals surface area contributed by atoms with E-state index in [2.05, 4.69) is 10.3 Å². The van der Waals surface area contributed by atoms with Crippen LogP contribution in [-0.2, 0) is 0 Å². The highest BCUT2D eigenvalue weighted by molar-refractivity contribution is 5.97. The summed E-state index contributed by atoms with van der Waals surface area (Å²) in [4.78, 5) is 14.7. The first kappa shape index (κ1) is 13.2. The Morgan fingerprint density at radius 3 is 2.79 bits per heavy atom. The van der Waals surface area contributed by atoms with Gasteiger partial charge in [-0.15, -0.1) is 0 Å². The summed E-state index contributed by atoms with van der Waals surface area (Å²) in [7, 11) is 0. The molecule has 100 valence electrons. The van der Waals surface area contributed by atoms with Crippen molar-refractivity contribution in [3.63, 3.8) is 0 Å². The second-order valence-corrected chi connectivity index (χ2v) is 5.00. The average molecular weight is 260 g/mol. The monoisotopic (exact) mass is 260 g/mol. The highest BCUT2D eigenvalue weighted by atomic mass is 16.6. The fraction of sp³-hybridized carbons (Fsp3) is 0.308. The third-order valence-corrected chi connectivity index (χ3v) is 2.93. The lowest BCUT2D eigenvalue weighted by Gasteiger charge is -2.26. The van der Waals surface area contributed by atoms with E-state index >= 15 is 0 Å². The van der Waals surface area contributed by atoms with Crippen LogP contribution in [0.2, 0.25) is 0 Å². The Morgan fingerprint density at radius 2 is 2.16 bits per heavy atom. The van der Waals surface area contributed by atoms with E-state index in [1.807, 2.05) is 19.9 Å². The topological polar surface area (TPSA) is 94.1 Å². The number of aromatic nitrogens is 1. The first-order valence-electron chi connectivity index (χ1n) is 5.95. The number of hydrogen-bond acceptors (Lipinski definition) is 5. The number of nitrogens with zero attached hydrogens (tertiary/aromatic N) is 2. The van der Waals surface area contributed by atoms with Gasteiger partial charge in [-0.05, 0) is 32.0 Å². The van der Waals surface area contributed by atoms with Gasteiger partial charge in [-0.2, -0.15) is 0 Å². The zero-order valence-corrected chi connectivity index (χ0v) is 10.9. The number of non-ortho nitro benzene ring substituents is 1. The smallest absolute Gasteiger partial charge is 0.295 e. The largest absolute Gasteiger partial charge is 0.378 e. The van der Waals surface area contributed by atoms with Gasteiger partial charge in [0, 0.05) is 35.4 Å². The van der Waals surface area contributed by atoms with E-state index in [-0.39, 0.29) is 11.2 Å². The SMILES string of the molecule is CC(C)(CN)Nc1ccc([N+](=O)[O-])c2ncccc12. The van der Waals surface area contributed by atoms with Gasteiger partial charge in [0.15, 0.2) is 0 Å². The van der Waals surface area contributed by atoms with Crippen LogP contribution in [0.1, 0.15) is 13.8 Å². The minimum Gasteiger partial charge on any atom is -0.378 e. The molecule has 0 aliphatic carbocycles. The maximum Gasteiger partial charge on any atom is 0.295 e. The van der Waals surface area contributed by atoms with Gasteiger partial charge >= 0.3 is 0 Å². The highest BCUT2D eigenvalue weighted by Gasteiger charge is 2.19. The first-order valence-corrected chi connectivity index (χ1v) is 5.95. The number of benzene rings is 1. The van der Waals surface area contributed by atoms with Gasteiger partial charge < -0.3 is 11.1 Å². The quantitative estimate of drug-likeness (QED) is 0.649. The number of rotatable bonds is 4. The Balaban J connectivity index is 2.59. The summed E-state index contributed by atoms with van der Waals surface area (Å²) in [5.41, 5.74) is 6.58. The van der Waals surface area contributed by atoms with Crippen molar-refractivity contribution in [3.8, 4) is 0 Å². The van der Waals surface area contributed by atoms with Crippen LogP contribution < -0.4 is 11.1 Å². The van der Waals surface area contributed by atoms with Gasteiger partial charge in [-0.3, -0.25) is 10.1 Å². The zero-order valence-electron chi connectivity index (χ0n) is 10.9. The lowest BCUT2D eigenvalue weighted by atomic mass is 10.0. The molecule has 2 aromatic rings. The second kappa shape index (κ2) is 4.81. The van der Waals surface area contributed by atoms with E-state index in [1.54, 1.807) is 18.3 Å². The van der Waals surface area contributed by atoms with Crippen LogP contribution in [0.4, 0.5) is 11.4 Å². The van der Waals surface area contributed by atoms with Crippen molar-refractivity contribution in [3.05, 3.63) is 40.6 Å². The minimum atomic E-state index is -0.423. The summed E-state index contributed by atoms with van der Waals surface area (Å²) < 4.78 is 0. The lowest BCUT2D eigenvalue weighted by Crippen LogP contribution is -2.39. The molecule has 0 bridgehead atoms. The molecule has 1 aromatic carbocycles. The van der Waals surface area contributed by atoms with Gasteiger partial charge in [0.2, 0.25) is 0 Å². The summed E-state index contributed by atoms with van der Waals surface area (Å²) in [6.07, 6.45) is 1.55. The van der Waals surface area contributed by atoms with Gasteiger partial charge in [0.05, 0.1) is 4.92 Å². The number of nitrogens with one attached hydrogen (secondary N) is 1. The summed E-state index contributed by atoms with van der Waals surface area (Å²) in [5.74, 6) is 0. The van der Waals surface area contributed by atoms with Crippen molar-refractivity contribution in [2.75, 3.05) is 11.9 Å². The molecule has 0 saturated heterocycles. The number of nitro groups is 1. The lowest BCUT2D eigenvalue weighted by molar-refractivity contribution is -0.383. The van der Waals surface area contributed by atoms with Gasteiger partial charge in [-0.25, -0.2) is 4.98 Å². The Kier molecular flexibility index (Phi) is 3.35. The fourth-order valence-electron chi connectivity index (χ4n) is 1.83. The summed E-state index contributed by atoms with van der Waals surface area (Å²) >= 11 is 0. The number of nitro benzene ring substituents is 1. The molecule has 3 N–H and O–H groups in total. The molecule has 6 nitrogen and oxygen atoms in total. The molecule has 19 heavy (non-hydrogen) atoms. The van der Waals surface area contributed by atoms with Crippen LogP contribution >= 0.6 is 0 Å². The Bertz CT molecular complexity index is 625. The van der Waals surface area contributed by atoms with E-state index < -0.39 is 4.92 Å². The van der Waals surface area contributed by atoms with Crippen LogP contribution in [-0.4, -0.2) is 22.0 Å². The standard InChI is InChI=1S/C13H16N4O2/c1-13(2,8-14)16-10-5-6-11(17(18)19)12-9(10)4-3-7-15-12/h3-7,16H,8,14H2,1-2H3. The third kappa shape index (κ3) is 2.63. The number of pyridine rings is 1. The molecule has 1 heterocycles. The van der Waals surface area contributed by atoms with E-state index in [0.717, 1.165) is 11.1 Å². The molecule has 6 heteroatoms. The molecule has 0 radical (unpaired) electrons. The van der Waals surface area contributed by atoms with Crippen molar-refractivity contribution in [1.29, 1.82) is 0 Å². The van der Waals surface area contributed by atoms with E-state index in [4.69, 9.17) is 5.73 Å². The van der Waals surface area contributed by atoms with Crippen molar-refractivity contribution >= 4 is 22.3 Å². The summed E-state index contributed by atoms with van der Waals surface area (Å²) in [6, 6.07) is 6.72. The van der Waals surface area contributed by atoms with Crippen molar-refractivity contribution in [2.45, 2.75) is 19.4 Å². The van der Waals surface area contributed by atoms with E-state index in [1.165, 1.54) is 6.07 Å². The van der Waals surface area contributed by atoms with E-state index in [0.29, 0.717) is 12.1 Å². The zero-order chi connectivity index (χ0) is 14.0. The number of fused-ring (bicyclic) bond motifs is 1. The Morgan fingerprint density at radius 1 is 1.42 bits per heavy atom. The normalized spacial score (nSPS) is 11.5. The summed E-state index contributed by atoms with van der Waals surface area (Å²) in [5, 5.41) is 15.0. The van der Waals surface area contributed by atoms with Crippen molar-refractivity contribution in [2.24, 2.45) is 5.73 Å². The van der Waals surface area contributed by atoms with Crippen LogP contribution in [0.25, 0.3) is 10.9 Å². The highest BCUT2D eigenvalue weighted by Crippen LogP contribution is 2.30. The van der Waals surface area contributed by atoms with Crippen molar-refractivity contribution < 1.29 is 4.92 Å². The van der Waals surface area contributed by atoms with E-state index in [9.17, 15) is 10.1 Å². The second-order valence-electron chi connectivity index (χ2n) is 5.00. The molecule has 1 aromatic heterocycles. The molecule has 0 aliphatic rings. The predicted molar refractivity (Wildman–Crippen MR) is 75.2 cm³/mol. The first-order chi connectivity index (χ1) is 8.94. The molecule has 0 fully saturated rings. The maximum absolute atomic E-state index is 11.0. The number of hydrogen-bond donors (Lipinski definition) is 2. The van der Waals surface area contributed by atoms with Crippen molar-refractivity contribution in [1.82, 2.24) is 4.98 Å². The van der Waals surface area contributed by atoms with Gasteiger partial charge in [0.1, 0.15) is 5.52 Å². The summed E-state index contributed by atoms with van der Waals surface area (Å²) in [6.45, 7) is 4.39. The molecule has 0 unspecified atom stereocenters. The molecule has 0 amide bonds. The van der Waals surface area contributed by atoms with Crippen LogP contribution in [0, 0.1) is 10.1 Å². The van der Waals surface area contributed by atoms with Crippen LogP contribution in [0.15, 0.2) is 30.5 Å². The number of anilines is 1. The predicted octanol–water partition coefficient (Wildman–Crippen LogP) is 2.29. The molecule has 0 saturated carbocycles. The maximum atomic E-state index is 11.0. The Labute approximate surface area is 110 Å². The fourth-order valence-corrected chi connectivity index (χ4v) is 1.83. The van der Waals surface area contributed by atoms with Gasteiger partial charge in [0.25, 0.3) is 5.69 Å².